The fourth-order valence-corrected chi connectivity index (χ4v) is 2.34. The van der Waals surface area contributed by atoms with E-state index in [1.807, 2.05) is 48.5 Å². The zero-order chi connectivity index (χ0) is 14.5. The van der Waals surface area contributed by atoms with E-state index in [0.717, 1.165) is 27.5 Å². The Kier molecular flexibility index (Phi) is 4.23. The van der Waals surface area contributed by atoms with Crippen LogP contribution < -0.4 is 9.88 Å². The number of hydrogen-bond acceptors (Lipinski definition) is 4. The lowest BCUT2D eigenvalue weighted by molar-refractivity contribution is 0.307. The minimum Gasteiger partial charge on any atom is -0.488 e. The minimum absolute atomic E-state index is 0.515. The van der Waals surface area contributed by atoms with Crippen molar-refractivity contribution in [3.8, 4) is 17.0 Å². The molecule has 0 bridgehead atoms. The van der Waals surface area contributed by atoms with Crippen molar-refractivity contribution >= 4 is 11.9 Å². The molecule has 0 spiro atoms. The Bertz CT molecular complexity index is 696. The summed E-state index contributed by atoms with van der Waals surface area (Å²) in [7, 11) is 0. The number of hydrogen-bond donors (Lipinski definition) is 2. The Morgan fingerprint density at radius 1 is 1.10 bits per heavy atom. The van der Waals surface area contributed by atoms with Gasteiger partial charge >= 0.3 is 0 Å². The predicted octanol–water partition coefficient (Wildman–Crippen LogP) is 3.62. The summed E-state index contributed by atoms with van der Waals surface area (Å²) >= 11 is 1.24. The number of ether oxygens (including phenoxy) is 1. The van der Waals surface area contributed by atoms with Crippen LogP contribution in [0.25, 0.3) is 11.3 Å². The molecule has 0 radical (unpaired) electrons. The summed E-state index contributed by atoms with van der Waals surface area (Å²) in [5.41, 5.74) is 3.05. The topological polar surface area (TPSA) is 63.9 Å². The second-order valence-electron chi connectivity index (χ2n) is 4.51. The van der Waals surface area contributed by atoms with E-state index >= 15 is 0 Å². The first kappa shape index (κ1) is 13.7. The summed E-state index contributed by atoms with van der Waals surface area (Å²) in [5, 5.41) is 5.52. The number of imidazole rings is 1. The Morgan fingerprint density at radius 2 is 1.90 bits per heavy atom. The van der Waals surface area contributed by atoms with Crippen molar-refractivity contribution in [3.63, 3.8) is 0 Å². The molecule has 4 nitrogen and oxygen atoms in total. The average Bonchev–Trinajstić information content (AvgIpc) is 3.08. The van der Waals surface area contributed by atoms with Crippen LogP contribution in [0, 0.1) is 0 Å². The van der Waals surface area contributed by atoms with E-state index in [-0.39, 0.29) is 0 Å². The molecule has 0 aliphatic carbocycles. The van der Waals surface area contributed by atoms with Crippen molar-refractivity contribution in [2.45, 2.75) is 11.5 Å². The molecule has 0 fully saturated rings. The Labute approximate surface area is 127 Å². The highest BCUT2D eigenvalue weighted by Gasteiger charge is 2.07. The van der Waals surface area contributed by atoms with Crippen LogP contribution in [-0.2, 0) is 6.61 Å². The van der Waals surface area contributed by atoms with Crippen molar-refractivity contribution in [1.82, 2.24) is 9.97 Å². The van der Waals surface area contributed by atoms with Gasteiger partial charge in [0.2, 0.25) is 0 Å². The predicted molar refractivity (Wildman–Crippen MR) is 84.8 cm³/mol. The maximum absolute atomic E-state index is 5.93. The number of nitrogens with one attached hydrogen (secondary N) is 1. The number of benzene rings is 2. The summed E-state index contributed by atoms with van der Waals surface area (Å²) in [6.07, 6.45) is 3.45. The lowest BCUT2D eigenvalue weighted by atomic mass is 10.1. The number of aromatic nitrogens is 2. The van der Waals surface area contributed by atoms with Gasteiger partial charge in [-0.1, -0.05) is 24.3 Å². The van der Waals surface area contributed by atoms with E-state index in [9.17, 15) is 0 Å². The van der Waals surface area contributed by atoms with Crippen molar-refractivity contribution in [2.75, 3.05) is 0 Å². The Balaban J connectivity index is 1.76. The molecule has 3 rings (SSSR count). The van der Waals surface area contributed by atoms with Crippen LogP contribution in [0.15, 0.2) is 66.0 Å². The lowest BCUT2D eigenvalue weighted by Crippen LogP contribution is -1.97. The number of para-hydroxylation sites is 1. The smallest absolute Gasteiger partial charge is 0.129 e. The third-order valence-corrected chi connectivity index (χ3v) is 3.67. The van der Waals surface area contributed by atoms with E-state index in [2.05, 4.69) is 9.97 Å². The highest BCUT2D eigenvalue weighted by Crippen LogP contribution is 2.28. The molecule has 0 aliphatic heterocycles. The number of nitrogens with two attached hydrogens (primary N) is 1. The summed E-state index contributed by atoms with van der Waals surface area (Å²) in [4.78, 5) is 8.19. The molecule has 5 heteroatoms. The normalized spacial score (nSPS) is 10.5. The standard InChI is InChI=1S/C16H15N3OS/c17-21-13-7-5-12(6-8-13)10-20-16-4-2-1-3-14(16)15-9-18-11-19-15/h1-9,11H,10,17H2,(H,18,19). The molecule has 0 amide bonds. The number of aromatic amines is 1. The zero-order valence-corrected chi connectivity index (χ0v) is 12.1. The van der Waals surface area contributed by atoms with Crippen LogP contribution >= 0.6 is 11.9 Å². The summed E-state index contributed by atoms with van der Waals surface area (Å²) < 4.78 is 5.93. The van der Waals surface area contributed by atoms with Gasteiger partial charge in [0.05, 0.1) is 18.2 Å². The van der Waals surface area contributed by atoms with Gasteiger partial charge in [0.15, 0.2) is 0 Å². The van der Waals surface area contributed by atoms with Crippen LogP contribution in [0.5, 0.6) is 5.75 Å². The highest BCUT2D eigenvalue weighted by molar-refractivity contribution is 7.97. The van der Waals surface area contributed by atoms with Crippen molar-refractivity contribution < 1.29 is 4.74 Å². The van der Waals surface area contributed by atoms with Crippen molar-refractivity contribution in [3.05, 3.63) is 66.6 Å². The van der Waals surface area contributed by atoms with E-state index in [4.69, 9.17) is 9.88 Å². The number of rotatable bonds is 5. The van der Waals surface area contributed by atoms with Crippen LogP contribution in [0.3, 0.4) is 0 Å². The SMILES string of the molecule is NSc1ccc(COc2ccccc2-c2cnc[nH]2)cc1. The molecule has 21 heavy (non-hydrogen) atoms. The van der Waals surface area contributed by atoms with E-state index < -0.39 is 0 Å². The van der Waals surface area contributed by atoms with Gasteiger partial charge in [0.25, 0.3) is 0 Å². The van der Waals surface area contributed by atoms with Crippen molar-refractivity contribution in [1.29, 1.82) is 0 Å². The third kappa shape index (κ3) is 3.26. The quantitative estimate of drug-likeness (QED) is 0.706. The van der Waals surface area contributed by atoms with Gasteiger partial charge in [-0.15, -0.1) is 0 Å². The molecule has 0 unspecified atom stereocenters. The Morgan fingerprint density at radius 3 is 2.62 bits per heavy atom. The second-order valence-corrected chi connectivity index (χ2v) is 5.22. The molecule has 3 aromatic rings. The largest absolute Gasteiger partial charge is 0.488 e. The average molecular weight is 297 g/mol. The maximum Gasteiger partial charge on any atom is 0.129 e. The molecule has 0 atom stereocenters. The van der Waals surface area contributed by atoms with Crippen molar-refractivity contribution in [2.24, 2.45) is 5.14 Å². The van der Waals surface area contributed by atoms with E-state index in [1.165, 1.54) is 11.9 Å². The first-order valence-electron chi connectivity index (χ1n) is 6.53. The zero-order valence-electron chi connectivity index (χ0n) is 11.3. The first-order chi connectivity index (χ1) is 10.4. The second kappa shape index (κ2) is 6.47. The van der Waals surface area contributed by atoms with Gasteiger partial charge in [-0.25, -0.2) is 4.98 Å². The summed E-state index contributed by atoms with van der Waals surface area (Å²) in [5.74, 6) is 0.832. The molecule has 1 heterocycles. The lowest BCUT2D eigenvalue weighted by Gasteiger charge is -2.10. The first-order valence-corrected chi connectivity index (χ1v) is 7.41. The molecule has 106 valence electrons. The number of nitrogens with zero attached hydrogens (tertiary/aromatic N) is 1. The summed E-state index contributed by atoms with van der Waals surface area (Å²) in [6, 6.07) is 15.9. The Hall–Kier alpha value is -2.24. The van der Waals surface area contributed by atoms with Crippen LogP contribution in [0.1, 0.15) is 5.56 Å². The molecule has 0 aliphatic rings. The van der Waals surface area contributed by atoms with Gasteiger partial charge in [0.1, 0.15) is 12.4 Å². The highest BCUT2D eigenvalue weighted by atomic mass is 32.2. The van der Waals surface area contributed by atoms with E-state index in [1.54, 1.807) is 12.5 Å². The number of H-pyrrole nitrogens is 1. The monoisotopic (exact) mass is 297 g/mol. The molecule has 2 aromatic carbocycles. The molecule has 0 saturated carbocycles. The molecule has 3 N–H and O–H groups in total. The molecular formula is C16H15N3OS. The van der Waals surface area contributed by atoms with Gasteiger partial charge in [0, 0.05) is 10.5 Å². The minimum atomic E-state index is 0.515. The van der Waals surface area contributed by atoms with Crippen LogP contribution in [0.4, 0.5) is 0 Å². The van der Waals surface area contributed by atoms with Gasteiger partial charge in [-0.2, -0.15) is 0 Å². The molecule has 0 saturated heterocycles. The van der Waals surface area contributed by atoms with Gasteiger partial charge in [-0.3, -0.25) is 5.14 Å². The van der Waals surface area contributed by atoms with Crippen LogP contribution in [-0.4, -0.2) is 9.97 Å². The fraction of sp³-hybridized carbons (Fsp3) is 0.0625. The van der Waals surface area contributed by atoms with Gasteiger partial charge in [-0.05, 0) is 41.8 Å². The van der Waals surface area contributed by atoms with Crippen LogP contribution in [0.2, 0.25) is 0 Å². The summed E-state index contributed by atoms with van der Waals surface area (Å²) in [6.45, 7) is 0.515. The van der Waals surface area contributed by atoms with Gasteiger partial charge < -0.3 is 9.72 Å². The van der Waals surface area contributed by atoms with E-state index in [0.29, 0.717) is 6.61 Å². The molecule has 1 aromatic heterocycles. The maximum atomic E-state index is 5.93. The fourth-order valence-electron chi connectivity index (χ4n) is 2.04. The molecular weight excluding hydrogens is 282 g/mol. The third-order valence-electron chi connectivity index (χ3n) is 3.13.